The summed E-state index contributed by atoms with van der Waals surface area (Å²) in [5.41, 5.74) is 3.43. The number of ether oxygens (including phenoxy) is 3. The summed E-state index contributed by atoms with van der Waals surface area (Å²) in [4.78, 5) is 0. The lowest BCUT2D eigenvalue weighted by Gasteiger charge is -2.04. The standard InChI is InChI=1S/C16H13N3O3/c1-20-12-5-2-10(3-6-12)15-16(18-19-17-15)11-4-7-13-14(8-11)22-9-21-13/h2-8H,9H2,1H3,(H,17,18,19). The lowest BCUT2D eigenvalue weighted by molar-refractivity contribution is 0.174. The van der Waals surface area contributed by atoms with Crippen LogP contribution in [0.5, 0.6) is 17.2 Å². The number of fused-ring (bicyclic) bond motifs is 1. The SMILES string of the molecule is COc1ccc(-c2n[nH]nc2-c2ccc3c(c2)OCO3)cc1. The van der Waals surface area contributed by atoms with Crippen molar-refractivity contribution in [2.75, 3.05) is 13.9 Å². The number of nitrogens with zero attached hydrogens (tertiary/aromatic N) is 2. The molecule has 4 rings (SSSR count). The van der Waals surface area contributed by atoms with Crippen LogP contribution in [0.1, 0.15) is 0 Å². The molecule has 1 aliphatic heterocycles. The van der Waals surface area contributed by atoms with E-state index in [1.165, 1.54) is 0 Å². The van der Waals surface area contributed by atoms with Crippen molar-refractivity contribution < 1.29 is 14.2 Å². The minimum absolute atomic E-state index is 0.253. The quantitative estimate of drug-likeness (QED) is 0.804. The Balaban J connectivity index is 1.76. The second-order valence-corrected chi connectivity index (χ2v) is 4.82. The van der Waals surface area contributed by atoms with Gasteiger partial charge in [-0.1, -0.05) is 0 Å². The van der Waals surface area contributed by atoms with Gasteiger partial charge in [0, 0.05) is 11.1 Å². The number of aromatic nitrogens is 3. The van der Waals surface area contributed by atoms with E-state index in [0.717, 1.165) is 39.8 Å². The van der Waals surface area contributed by atoms with Crippen molar-refractivity contribution in [2.45, 2.75) is 0 Å². The molecule has 1 aromatic heterocycles. The van der Waals surface area contributed by atoms with E-state index in [1.807, 2.05) is 42.5 Å². The van der Waals surface area contributed by atoms with Crippen molar-refractivity contribution in [1.82, 2.24) is 15.4 Å². The van der Waals surface area contributed by atoms with Gasteiger partial charge >= 0.3 is 0 Å². The lowest BCUT2D eigenvalue weighted by Crippen LogP contribution is -1.92. The van der Waals surface area contributed by atoms with Crippen LogP contribution >= 0.6 is 0 Å². The topological polar surface area (TPSA) is 69.3 Å². The molecule has 2 heterocycles. The minimum atomic E-state index is 0.253. The zero-order valence-electron chi connectivity index (χ0n) is 11.9. The molecule has 0 amide bonds. The van der Waals surface area contributed by atoms with Gasteiger partial charge in [-0.15, -0.1) is 0 Å². The van der Waals surface area contributed by atoms with Gasteiger partial charge in [-0.25, -0.2) is 0 Å². The Labute approximate surface area is 126 Å². The van der Waals surface area contributed by atoms with E-state index in [9.17, 15) is 0 Å². The zero-order valence-corrected chi connectivity index (χ0v) is 11.9. The zero-order chi connectivity index (χ0) is 14.9. The Morgan fingerprint density at radius 3 is 2.36 bits per heavy atom. The Morgan fingerprint density at radius 2 is 1.59 bits per heavy atom. The maximum Gasteiger partial charge on any atom is 0.231 e. The molecular formula is C16H13N3O3. The fraction of sp³-hybridized carbons (Fsp3) is 0.125. The number of hydrogen-bond acceptors (Lipinski definition) is 5. The van der Waals surface area contributed by atoms with Crippen molar-refractivity contribution in [2.24, 2.45) is 0 Å². The molecule has 0 saturated carbocycles. The van der Waals surface area contributed by atoms with E-state index < -0.39 is 0 Å². The molecule has 3 aromatic rings. The highest BCUT2D eigenvalue weighted by Gasteiger charge is 2.18. The number of aromatic amines is 1. The van der Waals surface area contributed by atoms with Crippen LogP contribution < -0.4 is 14.2 Å². The molecule has 0 saturated heterocycles. The van der Waals surface area contributed by atoms with Gasteiger partial charge in [0.05, 0.1) is 7.11 Å². The molecular weight excluding hydrogens is 282 g/mol. The molecule has 1 aliphatic rings. The Hall–Kier alpha value is -3.02. The summed E-state index contributed by atoms with van der Waals surface area (Å²) in [7, 11) is 1.64. The van der Waals surface area contributed by atoms with Gasteiger partial charge in [-0.2, -0.15) is 15.4 Å². The second-order valence-electron chi connectivity index (χ2n) is 4.82. The molecule has 0 atom stereocenters. The second kappa shape index (κ2) is 5.07. The molecule has 6 nitrogen and oxygen atoms in total. The van der Waals surface area contributed by atoms with Gasteiger partial charge < -0.3 is 14.2 Å². The van der Waals surface area contributed by atoms with Crippen LogP contribution in [0.3, 0.4) is 0 Å². The predicted octanol–water partition coefficient (Wildman–Crippen LogP) is 2.88. The molecule has 2 aromatic carbocycles. The third kappa shape index (κ3) is 2.05. The molecule has 0 fully saturated rings. The molecule has 0 bridgehead atoms. The van der Waals surface area contributed by atoms with Crippen molar-refractivity contribution in [3.8, 4) is 39.8 Å². The predicted molar refractivity (Wildman–Crippen MR) is 79.9 cm³/mol. The van der Waals surface area contributed by atoms with Crippen LogP contribution in [0.2, 0.25) is 0 Å². The minimum Gasteiger partial charge on any atom is -0.497 e. The number of hydrogen-bond donors (Lipinski definition) is 1. The summed E-state index contributed by atoms with van der Waals surface area (Å²) < 4.78 is 15.9. The smallest absolute Gasteiger partial charge is 0.231 e. The fourth-order valence-electron chi connectivity index (χ4n) is 2.43. The van der Waals surface area contributed by atoms with Gasteiger partial charge in [0.2, 0.25) is 6.79 Å². The number of H-pyrrole nitrogens is 1. The maximum atomic E-state index is 5.42. The van der Waals surface area contributed by atoms with E-state index >= 15 is 0 Å². The van der Waals surface area contributed by atoms with Crippen molar-refractivity contribution in [3.63, 3.8) is 0 Å². The molecule has 22 heavy (non-hydrogen) atoms. The number of benzene rings is 2. The number of rotatable bonds is 3. The normalized spacial score (nSPS) is 12.4. The van der Waals surface area contributed by atoms with E-state index in [2.05, 4.69) is 15.4 Å². The molecule has 0 spiro atoms. The van der Waals surface area contributed by atoms with Crippen LogP contribution in [0, 0.1) is 0 Å². The Kier molecular flexibility index (Phi) is 2.93. The van der Waals surface area contributed by atoms with Gasteiger partial charge in [0.1, 0.15) is 17.1 Å². The van der Waals surface area contributed by atoms with Crippen LogP contribution in [-0.4, -0.2) is 29.3 Å². The first kappa shape index (κ1) is 12.7. The third-order valence-corrected chi connectivity index (χ3v) is 3.56. The van der Waals surface area contributed by atoms with E-state index in [-0.39, 0.29) is 6.79 Å². The molecule has 0 unspecified atom stereocenters. The van der Waals surface area contributed by atoms with Gasteiger partial charge in [-0.3, -0.25) is 0 Å². The first-order valence-electron chi connectivity index (χ1n) is 6.80. The summed E-state index contributed by atoms with van der Waals surface area (Å²) in [5, 5.41) is 11.2. The average molecular weight is 295 g/mol. The summed E-state index contributed by atoms with van der Waals surface area (Å²) in [6.07, 6.45) is 0. The maximum absolute atomic E-state index is 5.42. The molecule has 0 radical (unpaired) electrons. The number of methoxy groups -OCH3 is 1. The Bertz CT molecular complexity index is 812. The van der Waals surface area contributed by atoms with E-state index in [1.54, 1.807) is 7.11 Å². The van der Waals surface area contributed by atoms with Crippen LogP contribution in [0.25, 0.3) is 22.5 Å². The summed E-state index contributed by atoms with van der Waals surface area (Å²) in [6, 6.07) is 13.4. The van der Waals surface area contributed by atoms with Gasteiger partial charge in [-0.05, 0) is 42.5 Å². The third-order valence-electron chi connectivity index (χ3n) is 3.56. The number of nitrogens with one attached hydrogen (secondary N) is 1. The first-order valence-corrected chi connectivity index (χ1v) is 6.80. The Morgan fingerprint density at radius 1 is 0.909 bits per heavy atom. The fourth-order valence-corrected chi connectivity index (χ4v) is 2.43. The highest BCUT2D eigenvalue weighted by atomic mass is 16.7. The lowest BCUT2D eigenvalue weighted by atomic mass is 10.0. The summed E-state index contributed by atoms with van der Waals surface area (Å²) in [5.74, 6) is 2.27. The molecule has 1 N–H and O–H groups in total. The van der Waals surface area contributed by atoms with E-state index in [4.69, 9.17) is 14.2 Å². The van der Waals surface area contributed by atoms with Gasteiger partial charge in [0.15, 0.2) is 11.5 Å². The molecule has 6 heteroatoms. The van der Waals surface area contributed by atoms with Crippen LogP contribution in [0.4, 0.5) is 0 Å². The molecule has 0 aliphatic carbocycles. The monoisotopic (exact) mass is 295 g/mol. The van der Waals surface area contributed by atoms with Gasteiger partial charge in [0.25, 0.3) is 0 Å². The highest BCUT2D eigenvalue weighted by Crippen LogP contribution is 2.37. The first-order chi connectivity index (χ1) is 10.8. The molecule has 110 valence electrons. The average Bonchev–Trinajstić information content (AvgIpc) is 3.23. The van der Waals surface area contributed by atoms with Crippen LogP contribution in [-0.2, 0) is 0 Å². The summed E-state index contributed by atoms with van der Waals surface area (Å²) in [6.45, 7) is 0.253. The van der Waals surface area contributed by atoms with E-state index in [0.29, 0.717) is 0 Å². The van der Waals surface area contributed by atoms with Crippen LogP contribution in [0.15, 0.2) is 42.5 Å². The highest BCUT2D eigenvalue weighted by molar-refractivity contribution is 5.78. The van der Waals surface area contributed by atoms with Crippen molar-refractivity contribution in [3.05, 3.63) is 42.5 Å². The summed E-state index contributed by atoms with van der Waals surface area (Å²) >= 11 is 0. The largest absolute Gasteiger partial charge is 0.497 e. The van der Waals surface area contributed by atoms with Crippen molar-refractivity contribution >= 4 is 0 Å². The van der Waals surface area contributed by atoms with Crippen molar-refractivity contribution in [1.29, 1.82) is 0 Å².